The van der Waals surface area contributed by atoms with Gasteiger partial charge in [0.2, 0.25) is 0 Å². The summed E-state index contributed by atoms with van der Waals surface area (Å²) in [5.74, 6) is 1.11. The van der Waals surface area contributed by atoms with Crippen LogP contribution in [-0.2, 0) is 13.1 Å². The lowest BCUT2D eigenvalue weighted by molar-refractivity contribution is 0.177. The lowest BCUT2D eigenvalue weighted by atomic mass is 10.1. The number of nitrogens with zero attached hydrogens (tertiary/aromatic N) is 1. The molecule has 0 amide bonds. The topological polar surface area (TPSA) is 28.4 Å². The average molecular weight is 294 g/mol. The molecule has 3 heteroatoms. The maximum Gasteiger partial charge on any atom is 0.122 e. The van der Waals surface area contributed by atoms with Crippen LogP contribution in [0.25, 0.3) is 0 Å². The van der Waals surface area contributed by atoms with Crippen molar-refractivity contribution in [1.82, 2.24) is 10.2 Å². The standard InChI is InChI=1S/C18H34N2O/c1-7-9-11-20(15(3)8-2)14-17-16(10-12-21-17)13-19-18(4,5)6/h10,12,15,19H,7-9,11,13-14H2,1-6H3. The van der Waals surface area contributed by atoms with Gasteiger partial charge in [-0.25, -0.2) is 0 Å². The third kappa shape index (κ3) is 6.66. The third-order valence-corrected chi connectivity index (χ3v) is 4.01. The average Bonchev–Trinajstić information content (AvgIpc) is 2.86. The fraction of sp³-hybridized carbons (Fsp3) is 0.778. The van der Waals surface area contributed by atoms with E-state index in [1.165, 1.54) is 24.8 Å². The number of nitrogens with one attached hydrogen (secondary N) is 1. The van der Waals surface area contributed by atoms with E-state index in [0.717, 1.165) is 25.4 Å². The minimum atomic E-state index is 0.132. The SMILES string of the molecule is CCCCN(Cc1occc1CNC(C)(C)C)C(C)CC. The van der Waals surface area contributed by atoms with Crippen LogP contribution in [0.5, 0.6) is 0 Å². The van der Waals surface area contributed by atoms with E-state index < -0.39 is 0 Å². The van der Waals surface area contributed by atoms with Crippen LogP contribution in [0, 0.1) is 0 Å². The van der Waals surface area contributed by atoms with Crippen molar-refractivity contribution in [2.24, 2.45) is 0 Å². The molecular formula is C18H34N2O. The quantitative estimate of drug-likeness (QED) is 0.723. The molecule has 0 spiro atoms. The molecule has 1 aromatic rings. The van der Waals surface area contributed by atoms with Crippen LogP contribution in [-0.4, -0.2) is 23.0 Å². The first-order valence-electron chi connectivity index (χ1n) is 8.41. The molecule has 0 bridgehead atoms. The van der Waals surface area contributed by atoms with Gasteiger partial charge >= 0.3 is 0 Å². The zero-order valence-electron chi connectivity index (χ0n) is 14.8. The van der Waals surface area contributed by atoms with Crippen LogP contribution >= 0.6 is 0 Å². The summed E-state index contributed by atoms with van der Waals surface area (Å²) < 4.78 is 5.75. The fourth-order valence-electron chi connectivity index (χ4n) is 2.28. The maximum absolute atomic E-state index is 5.75. The fourth-order valence-corrected chi connectivity index (χ4v) is 2.28. The Labute approximate surface area is 131 Å². The van der Waals surface area contributed by atoms with E-state index in [9.17, 15) is 0 Å². The van der Waals surface area contributed by atoms with Crippen LogP contribution in [0.1, 0.15) is 72.1 Å². The lowest BCUT2D eigenvalue weighted by Gasteiger charge is -2.28. The van der Waals surface area contributed by atoms with Crippen molar-refractivity contribution in [2.45, 2.75) is 85.5 Å². The van der Waals surface area contributed by atoms with Crippen molar-refractivity contribution < 1.29 is 4.42 Å². The highest BCUT2D eigenvalue weighted by Gasteiger charge is 2.17. The van der Waals surface area contributed by atoms with Gasteiger partial charge in [-0.1, -0.05) is 20.3 Å². The molecule has 0 fully saturated rings. The van der Waals surface area contributed by atoms with Gasteiger partial charge in [-0.15, -0.1) is 0 Å². The molecule has 0 aliphatic carbocycles. The largest absolute Gasteiger partial charge is 0.468 e. The summed E-state index contributed by atoms with van der Waals surface area (Å²) in [5, 5.41) is 3.55. The number of rotatable bonds is 9. The molecule has 1 rings (SSSR count). The van der Waals surface area contributed by atoms with E-state index >= 15 is 0 Å². The third-order valence-electron chi connectivity index (χ3n) is 4.01. The van der Waals surface area contributed by atoms with E-state index in [1.807, 2.05) is 6.26 Å². The summed E-state index contributed by atoms with van der Waals surface area (Å²) in [5.41, 5.74) is 1.42. The van der Waals surface area contributed by atoms with Crippen molar-refractivity contribution in [1.29, 1.82) is 0 Å². The van der Waals surface area contributed by atoms with Crippen molar-refractivity contribution in [3.05, 3.63) is 23.7 Å². The van der Waals surface area contributed by atoms with E-state index in [1.54, 1.807) is 0 Å². The van der Waals surface area contributed by atoms with E-state index in [2.05, 4.69) is 57.8 Å². The van der Waals surface area contributed by atoms with Crippen LogP contribution in [0.15, 0.2) is 16.7 Å². The maximum atomic E-state index is 5.75. The highest BCUT2D eigenvalue weighted by Crippen LogP contribution is 2.17. The van der Waals surface area contributed by atoms with E-state index in [-0.39, 0.29) is 5.54 Å². The van der Waals surface area contributed by atoms with Gasteiger partial charge in [0, 0.05) is 23.7 Å². The number of furan rings is 1. The highest BCUT2D eigenvalue weighted by atomic mass is 16.3. The molecule has 122 valence electrons. The second kappa shape index (κ2) is 8.60. The van der Waals surface area contributed by atoms with Gasteiger partial charge in [-0.05, 0) is 53.1 Å². The molecule has 1 atom stereocenters. The van der Waals surface area contributed by atoms with Crippen LogP contribution in [0.3, 0.4) is 0 Å². The smallest absolute Gasteiger partial charge is 0.122 e. The Kier molecular flexibility index (Phi) is 7.47. The molecule has 1 unspecified atom stereocenters. The molecule has 0 radical (unpaired) electrons. The van der Waals surface area contributed by atoms with Crippen molar-refractivity contribution >= 4 is 0 Å². The molecule has 1 N–H and O–H groups in total. The summed E-state index contributed by atoms with van der Waals surface area (Å²) in [6.45, 7) is 16.3. The number of hydrogen-bond acceptors (Lipinski definition) is 3. The zero-order valence-corrected chi connectivity index (χ0v) is 14.8. The van der Waals surface area contributed by atoms with Gasteiger partial charge in [0.1, 0.15) is 5.76 Å². The highest BCUT2D eigenvalue weighted by molar-refractivity contribution is 5.17. The Morgan fingerprint density at radius 3 is 2.57 bits per heavy atom. The van der Waals surface area contributed by atoms with Gasteiger partial charge in [0.25, 0.3) is 0 Å². The Bertz CT molecular complexity index is 392. The molecule has 0 aliphatic rings. The zero-order chi connectivity index (χ0) is 15.9. The molecule has 0 aromatic carbocycles. The van der Waals surface area contributed by atoms with Gasteiger partial charge in [-0.2, -0.15) is 0 Å². The summed E-state index contributed by atoms with van der Waals surface area (Å²) in [6, 6.07) is 2.70. The van der Waals surface area contributed by atoms with E-state index in [0.29, 0.717) is 6.04 Å². The molecule has 0 saturated carbocycles. The normalized spacial score (nSPS) is 13.9. The second-order valence-electron chi connectivity index (χ2n) is 7.05. The van der Waals surface area contributed by atoms with Gasteiger partial charge in [0.15, 0.2) is 0 Å². The lowest BCUT2D eigenvalue weighted by Crippen LogP contribution is -2.36. The molecule has 3 nitrogen and oxygen atoms in total. The molecule has 0 aliphatic heterocycles. The molecule has 21 heavy (non-hydrogen) atoms. The monoisotopic (exact) mass is 294 g/mol. The minimum Gasteiger partial charge on any atom is -0.468 e. The number of unbranched alkanes of at least 4 members (excludes halogenated alkanes) is 1. The summed E-state index contributed by atoms with van der Waals surface area (Å²) in [7, 11) is 0. The summed E-state index contributed by atoms with van der Waals surface area (Å²) in [4.78, 5) is 2.54. The Balaban J connectivity index is 2.68. The van der Waals surface area contributed by atoms with Crippen molar-refractivity contribution in [3.63, 3.8) is 0 Å². The first kappa shape index (κ1) is 18.2. The first-order valence-corrected chi connectivity index (χ1v) is 8.41. The van der Waals surface area contributed by atoms with Crippen LogP contribution in [0.4, 0.5) is 0 Å². The van der Waals surface area contributed by atoms with Crippen molar-refractivity contribution in [2.75, 3.05) is 6.54 Å². The molecular weight excluding hydrogens is 260 g/mol. The van der Waals surface area contributed by atoms with Gasteiger partial charge in [-0.3, -0.25) is 4.90 Å². The minimum absolute atomic E-state index is 0.132. The van der Waals surface area contributed by atoms with Gasteiger partial charge in [0.05, 0.1) is 12.8 Å². The second-order valence-corrected chi connectivity index (χ2v) is 7.05. The summed E-state index contributed by atoms with van der Waals surface area (Å²) >= 11 is 0. The Hall–Kier alpha value is -0.800. The molecule has 0 saturated heterocycles. The summed E-state index contributed by atoms with van der Waals surface area (Å²) in [6.07, 6.45) is 5.49. The Morgan fingerprint density at radius 1 is 1.29 bits per heavy atom. The predicted octanol–water partition coefficient (Wildman–Crippen LogP) is 4.57. The van der Waals surface area contributed by atoms with E-state index in [4.69, 9.17) is 4.42 Å². The Morgan fingerprint density at radius 2 is 2.00 bits per heavy atom. The molecule has 1 aromatic heterocycles. The van der Waals surface area contributed by atoms with Gasteiger partial charge < -0.3 is 9.73 Å². The number of hydrogen-bond donors (Lipinski definition) is 1. The van der Waals surface area contributed by atoms with Crippen LogP contribution < -0.4 is 5.32 Å². The van der Waals surface area contributed by atoms with Crippen LogP contribution in [0.2, 0.25) is 0 Å². The van der Waals surface area contributed by atoms with Crippen molar-refractivity contribution in [3.8, 4) is 0 Å². The molecule has 1 heterocycles. The predicted molar refractivity (Wildman–Crippen MR) is 90.4 cm³/mol. The first-order chi connectivity index (χ1) is 9.87.